The smallest absolute Gasteiger partial charge is 0.322 e. The molecule has 4 aromatic rings. The molecule has 0 spiro atoms. The summed E-state index contributed by atoms with van der Waals surface area (Å²) in [6, 6.07) is 16.3. The van der Waals surface area contributed by atoms with Gasteiger partial charge in [-0.25, -0.2) is 4.79 Å². The van der Waals surface area contributed by atoms with Crippen LogP contribution in [0.5, 0.6) is 0 Å². The number of aryl methyl sites for hydroxylation is 1. The van der Waals surface area contributed by atoms with Crippen molar-refractivity contribution in [1.82, 2.24) is 19.2 Å². The molecule has 164 valence electrons. The van der Waals surface area contributed by atoms with Crippen molar-refractivity contribution in [3.63, 3.8) is 0 Å². The third-order valence-corrected chi connectivity index (χ3v) is 5.94. The van der Waals surface area contributed by atoms with Crippen molar-refractivity contribution in [1.29, 1.82) is 5.26 Å². The summed E-state index contributed by atoms with van der Waals surface area (Å²) in [5.74, 6) is -0.575. The second-order valence-corrected chi connectivity index (χ2v) is 8.00. The number of benzene rings is 2. The van der Waals surface area contributed by atoms with Crippen molar-refractivity contribution in [2.75, 3.05) is 11.9 Å². The number of nitrogens with one attached hydrogen (secondary N) is 1. The molecule has 1 aliphatic rings. The number of rotatable bonds is 3. The molecule has 33 heavy (non-hydrogen) atoms. The minimum absolute atomic E-state index is 0.209. The lowest BCUT2D eigenvalue weighted by atomic mass is 10.0. The molecule has 2 aromatic carbocycles. The molecule has 3 N–H and O–H groups in total. The van der Waals surface area contributed by atoms with Crippen LogP contribution >= 0.6 is 0 Å². The highest BCUT2D eigenvalue weighted by molar-refractivity contribution is 6.01. The molecule has 1 aliphatic heterocycles. The van der Waals surface area contributed by atoms with E-state index in [-0.39, 0.29) is 12.6 Å². The maximum Gasteiger partial charge on any atom is 0.322 e. The number of nitrogens with zero attached hydrogens (tertiary/aromatic N) is 5. The van der Waals surface area contributed by atoms with Crippen LogP contribution < -0.4 is 11.1 Å². The van der Waals surface area contributed by atoms with Gasteiger partial charge in [-0.1, -0.05) is 6.07 Å². The summed E-state index contributed by atoms with van der Waals surface area (Å²) in [5, 5.41) is 17.5. The summed E-state index contributed by atoms with van der Waals surface area (Å²) in [6.45, 7) is 1.09. The molecule has 0 fully saturated rings. The zero-order valence-electron chi connectivity index (χ0n) is 17.9. The van der Waals surface area contributed by atoms with Crippen LogP contribution in [-0.2, 0) is 20.1 Å². The lowest BCUT2D eigenvalue weighted by Crippen LogP contribution is -2.41. The van der Waals surface area contributed by atoms with Gasteiger partial charge in [-0.2, -0.15) is 10.4 Å². The summed E-state index contributed by atoms with van der Waals surface area (Å²) in [4.78, 5) is 26.9. The molecule has 0 bridgehead atoms. The van der Waals surface area contributed by atoms with E-state index < -0.39 is 5.91 Å². The molecule has 0 atom stereocenters. The number of fused-ring (bicyclic) bond motifs is 2. The maximum atomic E-state index is 12.8. The highest BCUT2D eigenvalue weighted by Gasteiger charge is 2.29. The summed E-state index contributed by atoms with van der Waals surface area (Å²) in [5.41, 5.74) is 10.2. The Hall–Kier alpha value is -4.58. The Balaban J connectivity index is 1.44. The first kappa shape index (κ1) is 20.3. The normalized spacial score (nSPS) is 12.9. The molecule has 0 saturated carbocycles. The van der Waals surface area contributed by atoms with Gasteiger partial charge in [0.25, 0.3) is 5.91 Å². The van der Waals surface area contributed by atoms with Crippen molar-refractivity contribution < 1.29 is 9.59 Å². The summed E-state index contributed by atoms with van der Waals surface area (Å²) >= 11 is 0. The number of amides is 3. The van der Waals surface area contributed by atoms with Gasteiger partial charge < -0.3 is 20.5 Å². The fraction of sp³-hybridized carbons (Fsp3) is 0.167. The Morgan fingerprint density at radius 2 is 1.91 bits per heavy atom. The minimum Gasteiger partial charge on any atom is -0.365 e. The molecule has 3 amide bonds. The standard InChI is InChI=1S/C24H21N7O2/c1-29-9-8-16-12-17(4-7-19(16)29)22-21(23(26)32)20-14-30(10-11-31(20)28-22)24(33)27-18-5-2-15(13-25)3-6-18/h2-9,12H,10-11,14H2,1H3,(H2,26,32)(H,27,33). The molecular formula is C24H21N7O2. The Kier molecular flexibility index (Phi) is 4.83. The van der Waals surface area contributed by atoms with Gasteiger partial charge in [0, 0.05) is 41.9 Å². The predicted octanol–water partition coefficient (Wildman–Crippen LogP) is 3.06. The number of urea groups is 1. The van der Waals surface area contributed by atoms with Gasteiger partial charge in [-0.15, -0.1) is 0 Å². The Morgan fingerprint density at radius 1 is 1.12 bits per heavy atom. The SMILES string of the molecule is Cn1ccc2cc(-c3nn4c(c3C(N)=O)CN(C(=O)Nc3ccc(C#N)cc3)CC4)ccc21. The molecule has 2 aromatic heterocycles. The van der Waals surface area contributed by atoms with E-state index in [1.54, 1.807) is 33.8 Å². The average molecular weight is 439 g/mol. The molecule has 0 aliphatic carbocycles. The van der Waals surface area contributed by atoms with Gasteiger partial charge in [0.1, 0.15) is 5.69 Å². The summed E-state index contributed by atoms with van der Waals surface area (Å²) in [7, 11) is 1.98. The van der Waals surface area contributed by atoms with Crippen LogP contribution in [0.1, 0.15) is 21.6 Å². The molecule has 0 radical (unpaired) electrons. The van der Waals surface area contributed by atoms with E-state index in [1.807, 2.05) is 48.1 Å². The number of aromatic nitrogens is 3. The lowest BCUT2D eigenvalue weighted by Gasteiger charge is -2.28. The Morgan fingerprint density at radius 3 is 2.64 bits per heavy atom. The third-order valence-electron chi connectivity index (χ3n) is 5.94. The van der Waals surface area contributed by atoms with Gasteiger partial charge in [0.15, 0.2) is 0 Å². The van der Waals surface area contributed by atoms with Crippen LogP contribution in [0.15, 0.2) is 54.7 Å². The van der Waals surface area contributed by atoms with Crippen molar-refractivity contribution in [2.45, 2.75) is 13.1 Å². The van der Waals surface area contributed by atoms with E-state index in [0.29, 0.717) is 41.3 Å². The fourth-order valence-corrected chi connectivity index (χ4v) is 4.21. The van der Waals surface area contributed by atoms with Gasteiger partial charge in [-0.3, -0.25) is 9.48 Å². The molecule has 0 unspecified atom stereocenters. The van der Waals surface area contributed by atoms with Crippen LogP contribution in [0.2, 0.25) is 0 Å². The number of hydrogen-bond acceptors (Lipinski definition) is 4. The largest absolute Gasteiger partial charge is 0.365 e. The van der Waals surface area contributed by atoms with E-state index >= 15 is 0 Å². The van der Waals surface area contributed by atoms with E-state index in [1.165, 1.54) is 0 Å². The second kappa shape index (κ2) is 7.84. The predicted molar refractivity (Wildman–Crippen MR) is 123 cm³/mol. The first-order chi connectivity index (χ1) is 15.9. The van der Waals surface area contributed by atoms with Crippen molar-refractivity contribution >= 4 is 28.5 Å². The van der Waals surface area contributed by atoms with Gasteiger partial charge in [0.05, 0.1) is 36.0 Å². The zero-order valence-corrected chi connectivity index (χ0v) is 17.9. The number of nitrogens with two attached hydrogens (primary N) is 1. The quantitative estimate of drug-likeness (QED) is 0.509. The minimum atomic E-state index is -0.575. The van der Waals surface area contributed by atoms with Crippen LogP contribution in [0.25, 0.3) is 22.2 Å². The molecule has 5 rings (SSSR count). The Labute approximate surface area is 189 Å². The molecular weight excluding hydrogens is 418 g/mol. The number of carbonyl (C=O) groups excluding carboxylic acids is 2. The second-order valence-electron chi connectivity index (χ2n) is 8.00. The summed E-state index contributed by atoms with van der Waals surface area (Å²) < 4.78 is 3.78. The van der Waals surface area contributed by atoms with Crippen LogP contribution in [-0.4, -0.2) is 37.7 Å². The monoisotopic (exact) mass is 439 g/mol. The molecule has 0 saturated heterocycles. The number of primary amides is 1. The highest BCUT2D eigenvalue weighted by Crippen LogP contribution is 2.30. The van der Waals surface area contributed by atoms with Crippen LogP contribution in [0.3, 0.4) is 0 Å². The number of anilines is 1. The van der Waals surface area contributed by atoms with Gasteiger partial charge in [-0.05, 0) is 42.5 Å². The number of hydrogen-bond donors (Lipinski definition) is 2. The highest BCUT2D eigenvalue weighted by atomic mass is 16.2. The molecule has 9 heteroatoms. The van der Waals surface area contributed by atoms with E-state index in [2.05, 4.69) is 10.4 Å². The van der Waals surface area contributed by atoms with Crippen molar-refractivity contribution in [3.8, 4) is 17.3 Å². The first-order valence-electron chi connectivity index (χ1n) is 10.5. The van der Waals surface area contributed by atoms with E-state index in [0.717, 1.165) is 16.5 Å². The maximum absolute atomic E-state index is 12.8. The fourth-order valence-electron chi connectivity index (χ4n) is 4.21. The van der Waals surface area contributed by atoms with Gasteiger partial charge in [0.2, 0.25) is 0 Å². The Bertz CT molecular complexity index is 1440. The number of nitriles is 1. The lowest BCUT2D eigenvalue weighted by molar-refractivity contribution is 0.0997. The first-order valence-corrected chi connectivity index (χ1v) is 10.5. The molecule has 3 heterocycles. The topological polar surface area (TPSA) is 122 Å². The molecule has 9 nitrogen and oxygen atoms in total. The average Bonchev–Trinajstić information content (AvgIpc) is 3.39. The van der Waals surface area contributed by atoms with E-state index in [9.17, 15) is 9.59 Å². The van der Waals surface area contributed by atoms with Crippen molar-refractivity contribution in [3.05, 3.63) is 71.5 Å². The van der Waals surface area contributed by atoms with Crippen molar-refractivity contribution in [2.24, 2.45) is 12.8 Å². The zero-order chi connectivity index (χ0) is 23.1. The van der Waals surface area contributed by atoms with Crippen LogP contribution in [0, 0.1) is 11.3 Å². The third kappa shape index (κ3) is 3.57. The summed E-state index contributed by atoms with van der Waals surface area (Å²) in [6.07, 6.45) is 1.98. The van der Waals surface area contributed by atoms with Crippen LogP contribution in [0.4, 0.5) is 10.5 Å². The number of carbonyl (C=O) groups is 2. The van der Waals surface area contributed by atoms with Gasteiger partial charge >= 0.3 is 6.03 Å². The van der Waals surface area contributed by atoms with E-state index in [4.69, 9.17) is 11.0 Å².